The summed E-state index contributed by atoms with van der Waals surface area (Å²) in [6.45, 7) is 7.68. The molecule has 0 radical (unpaired) electrons. The number of hydrogen-bond donors (Lipinski definition) is 0. The molecule has 6 nitrogen and oxygen atoms in total. The van der Waals surface area contributed by atoms with Gasteiger partial charge in [-0.05, 0) is 64.1 Å². The molecular formula is C19H23NO5. The Bertz CT molecular complexity index is 716. The number of ether oxygens (including phenoxy) is 3. The third-order valence-corrected chi connectivity index (χ3v) is 3.37. The van der Waals surface area contributed by atoms with E-state index in [9.17, 15) is 4.79 Å². The lowest BCUT2D eigenvalue weighted by atomic mass is 10.1. The van der Waals surface area contributed by atoms with E-state index in [-0.39, 0.29) is 0 Å². The van der Waals surface area contributed by atoms with Crippen LogP contribution in [-0.2, 0) is 9.53 Å². The van der Waals surface area contributed by atoms with Crippen LogP contribution in [0.4, 0.5) is 0 Å². The molecule has 0 atom stereocenters. The lowest BCUT2D eigenvalue weighted by Gasteiger charge is -2.24. The van der Waals surface area contributed by atoms with E-state index in [1.165, 1.54) is 6.39 Å². The van der Waals surface area contributed by atoms with E-state index in [1.54, 1.807) is 45.0 Å². The highest BCUT2D eigenvalue weighted by Crippen LogP contribution is 2.23. The van der Waals surface area contributed by atoms with Crippen molar-refractivity contribution in [2.45, 2.75) is 33.3 Å². The molecule has 0 aliphatic rings. The first-order valence-corrected chi connectivity index (χ1v) is 8.08. The van der Waals surface area contributed by atoms with Crippen molar-refractivity contribution in [3.63, 3.8) is 0 Å². The summed E-state index contributed by atoms with van der Waals surface area (Å²) in [7, 11) is 0. The maximum absolute atomic E-state index is 11.8. The first-order chi connectivity index (χ1) is 11.9. The summed E-state index contributed by atoms with van der Waals surface area (Å²) in [5.74, 6) is 1.63. The topological polar surface area (TPSA) is 70.8 Å². The summed E-state index contributed by atoms with van der Waals surface area (Å²) in [6.07, 6.45) is 5.11. The van der Waals surface area contributed by atoms with Gasteiger partial charge >= 0.3 is 5.97 Å². The summed E-state index contributed by atoms with van der Waals surface area (Å²) in [5.41, 5.74) is -0.259. The standard InChI is InChI=1S/C19H23NO5/c1-5-22-18(21)19(3,4)25-16-10-8-15(9-11-16)23-12-6-7-17-14(2)24-13-20-17/h6-11,13H,5,12H2,1-4H3/b7-6+. The van der Waals surface area contributed by atoms with Crippen LogP contribution in [0.2, 0.25) is 0 Å². The van der Waals surface area contributed by atoms with Gasteiger partial charge in [0.1, 0.15) is 29.6 Å². The first-order valence-electron chi connectivity index (χ1n) is 8.08. The molecule has 6 heteroatoms. The van der Waals surface area contributed by atoms with E-state index in [4.69, 9.17) is 18.6 Å². The third kappa shape index (κ3) is 5.38. The highest BCUT2D eigenvalue weighted by Gasteiger charge is 2.31. The van der Waals surface area contributed by atoms with Crippen molar-refractivity contribution < 1.29 is 23.4 Å². The molecule has 0 saturated carbocycles. The van der Waals surface area contributed by atoms with Gasteiger partial charge in [-0.2, -0.15) is 0 Å². The number of nitrogens with zero attached hydrogens (tertiary/aromatic N) is 1. The summed E-state index contributed by atoms with van der Waals surface area (Å²) in [5, 5.41) is 0. The minimum absolute atomic E-state index is 0.319. The number of carbonyl (C=O) groups excluding carboxylic acids is 1. The predicted molar refractivity (Wildman–Crippen MR) is 93.6 cm³/mol. The van der Waals surface area contributed by atoms with Crippen molar-refractivity contribution in [2.24, 2.45) is 0 Å². The second kappa shape index (κ2) is 8.37. The van der Waals surface area contributed by atoms with Gasteiger partial charge in [-0.3, -0.25) is 0 Å². The number of oxazole rings is 1. The SMILES string of the molecule is CCOC(=O)C(C)(C)Oc1ccc(OC/C=C/c2ncoc2C)cc1. The maximum Gasteiger partial charge on any atom is 0.349 e. The van der Waals surface area contributed by atoms with Crippen LogP contribution in [0.25, 0.3) is 6.08 Å². The van der Waals surface area contributed by atoms with E-state index in [0.717, 1.165) is 11.5 Å². The highest BCUT2D eigenvalue weighted by molar-refractivity contribution is 5.79. The molecule has 2 rings (SSSR count). The lowest BCUT2D eigenvalue weighted by molar-refractivity contribution is -0.158. The molecule has 0 bridgehead atoms. The van der Waals surface area contributed by atoms with Gasteiger partial charge in [0.2, 0.25) is 0 Å². The molecule has 134 valence electrons. The van der Waals surface area contributed by atoms with E-state index < -0.39 is 11.6 Å². The van der Waals surface area contributed by atoms with E-state index >= 15 is 0 Å². The molecule has 0 saturated heterocycles. The van der Waals surface area contributed by atoms with Crippen LogP contribution in [-0.4, -0.2) is 29.8 Å². The summed E-state index contributed by atoms with van der Waals surface area (Å²) < 4.78 is 21.4. The molecule has 0 spiro atoms. The average Bonchev–Trinajstić information content (AvgIpc) is 2.98. The van der Waals surface area contributed by atoms with Crippen LogP contribution >= 0.6 is 0 Å². The normalized spacial score (nSPS) is 11.5. The molecule has 2 aromatic rings. The van der Waals surface area contributed by atoms with Gasteiger partial charge in [0, 0.05) is 0 Å². The van der Waals surface area contributed by atoms with Crippen molar-refractivity contribution >= 4 is 12.0 Å². The Balaban J connectivity index is 1.86. The van der Waals surface area contributed by atoms with Crippen LogP contribution in [0, 0.1) is 6.92 Å². The van der Waals surface area contributed by atoms with Crippen molar-refractivity contribution in [1.29, 1.82) is 0 Å². The Morgan fingerprint density at radius 3 is 2.52 bits per heavy atom. The highest BCUT2D eigenvalue weighted by atomic mass is 16.6. The van der Waals surface area contributed by atoms with Crippen molar-refractivity contribution in [2.75, 3.05) is 13.2 Å². The number of rotatable bonds is 8. The van der Waals surface area contributed by atoms with Gasteiger partial charge in [0.05, 0.1) is 6.61 Å². The first kappa shape index (κ1) is 18.6. The fraction of sp³-hybridized carbons (Fsp3) is 0.368. The van der Waals surface area contributed by atoms with Crippen molar-refractivity contribution in [1.82, 2.24) is 4.98 Å². The monoisotopic (exact) mass is 345 g/mol. The number of esters is 1. The quantitative estimate of drug-likeness (QED) is 0.678. The number of aromatic nitrogens is 1. The summed E-state index contributed by atoms with van der Waals surface area (Å²) >= 11 is 0. The Kier molecular flexibility index (Phi) is 6.22. The predicted octanol–water partition coefficient (Wildman–Crippen LogP) is 3.80. The van der Waals surface area contributed by atoms with Gasteiger partial charge in [-0.15, -0.1) is 0 Å². The molecule has 0 fully saturated rings. The lowest BCUT2D eigenvalue weighted by Crippen LogP contribution is -2.39. The van der Waals surface area contributed by atoms with Crippen LogP contribution < -0.4 is 9.47 Å². The Morgan fingerprint density at radius 1 is 1.24 bits per heavy atom. The van der Waals surface area contributed by atoms with Gasteiger partial charge in [-0.25, -0.2) is 9.78 Å². The largest absolute Gasteiger partial charge is 0.490 e. The Morgan fingerprint density at radius 2 is 1.92 bits per heavy atom. The van der Waals surface area contributed by atoms with E-state index in [0.29, 0.717) is 24.7 Å². The van der Waals surface area contributed by atoms with Gasteiger partial charge in [-0.1, -0.05) is 0 Å². The number of carbonyl (C=O) groups is 1. The van der Waals surface area contributed by atoms with Crippen LogP contribution in [0.1, 0.15) is 32.2 Å². The second-order valence-corrected chi connectivity index (χ2v) is 5.81. The molecule has 0 aliphatic carbocycles. The molecular weight excluding hydrogens is 322 g/mol. The van der Waals surface area contributed by atoms with E-state index in [1.807, 2.05) is 19.1 Å². The summed E-state index contributed by atoms with van der Waals surface area (Å²) in [6, 6.07) is 7.07. The maximum atomic E-state index is 11.8. The number of aryl methyl sites for hydroxylation is 1. The van der Waals surface area contributed by atoms with Gasteiger partial charge in [0.25, 0.3) is 0 Å². The fourth-order valence-electron chi connectivity index (χ4n) is 2.02. The molecule has 1 heterocycles. The molecule has 1 aromatic carbocycles. The minimum Gasteiger partial charge on any atom is -0.490 e. The fourth-order valence-corrected chi connectivity index (χ4v) is 2.02. The van der Waals surface area contributed by atoms with Crippen molar-refractivity contribution in [3.05, 3.63) is 48.2 Å². The van der Waals surface area contributed by atoms with Crippen LogP contribution in [0.15, 0.2) is 41.2 Å². The molecule has 25 heavy (non-hydrogen) atoms. The van der Waals surface area contributed by atoms with Crippen LogP contribution in [0.3, 0.4) is 0 Å². The molecule has 1 aromatic heterocycles. The second-order valence-electron chi connectivity index (χ2n) is 5.81. The molecule has 0 aliphatic heterocycles. The zero-order valence-electron chi connectivity index (χ0n) is 14.9. The van der Waals surface area contributed by atoms with Crippen molar-refractivity contribution in [3.8, 4) is 11.5 Å². The Hall–Kier alpha value is -2.76. The zero-order valence-corrected chi connectivity index (χ0v) is 14.9. The third-order valence-electron chi connectivity index (χ3n) is 3.37. The smallest absolute Gasteiger partial charge is 0.349 e. The summed E-state index contributed by atoms with van der Waals surface area (Å²) in [4.78, 5) is 15.9. The van der Waals surface area contributed by atoms with E-state index in [2.05, 4.69) is 4.98 Å². The van der Waals surface area contributed by atoms with Gasteiger partial charge in [0.15, 0.2) is 12.0 Å². The number of benzene rings is 1. The average molecular weight is 345 g/mol. The Labute approximate surface area is 147 Å². The van der Waals surface area contributed by atoms with Crippen LogP contribution in [0.5, 0.6) is 11.5 Å². The zero-order chi connectivity index (χ0) is 18.3. The molecule has 0 N–H and O–H groups in total. The molecule has 0 amide bonds. The van der Waals surface area contributed by atoms with Gasteiger partial charge < -0.3 is 18.6 Å². The molecule has 0 unspecified atom stereocenters. The number of hydrogen-bond acceptors (Lipinski definition) is 6. The minimum atomic E-state index is -1.05.